The highest BCUT2D eigenvalue weighted by molar-refractivity contribution is 5.97. The van der Waals surface area contributed by atoms with E-state index in [0.29, 0.717) is 12.1 Å². The Morgan fingerprint density at radius 2 is 1.81 bits per heavy atom. The molecular weight excluding hydrogens is 343 g/mol. The lowest BCUT2D eigenvalue weighted by Gasteiger charge is -2.43. The van der Waals surface area contributed by atoms with Crippen molar-refractivity contribution in [3.8, 4) is 0 Å². The van der Waals surface area contributed by atoms with Gasteiger partial charge in [-0.2, -0.15) is 0 Å². The van der Waals surface area contributed by atoms with E-state index in [1.165, 1.54) is 6.07 Å². The molecule has 144 valence electrons. The SMILES string of the molecule is CC(C)(C(=O)Nc1ccccc1)N1CCN(CCc2ncccc2F)CC1. The molecule has 3 rings (SSSR count). The van der Waals surface area contributed by atoms with Gasteiger partial charge in [0.15, 0.2) is 0 Å². The Labute approximate surface area is 160 Å². The molecule has 1 aromatic carbocycles. The minimum Gasteiger partial charge on any atom is -0.324 e. The highest BCUT2D eigenvalue weighted by Gasteiger charge is 2.36. The van der Waals surface area contributed by atoms with Crippen LogP contribution in [0.25, 0.3) is 0 Å². The Morgan fingerprint density at radius 3 is 2.48 bits per heavy atom. The number of hydrogen-bond donors (Lipinski definition) is 1. The fourth-order valence-corrected chi connectivity index (χ4v) is 3.35. The number of benzene rings is 1. The predicted molar refractivity (Wildman–Crippen MR) is 105 cm³/mol. The monoisotopic (exact) mass is 370 g/mol. The Balaban J connectivity index is 1.50. The minimum atomic E-state index is -0.588. The first-order valence-corrected chi connectivity index (χ1v) is 9.40. The number of rotatable bonds is 6. The molecule has 2 heterocycles. The number of amides is 1. The van der Waals surface area contributed by atoms with E-state index in [1.807, 2.05) is 44.2 Å². The van der Waals surface area contributed by atoms with Gasteiger partial charge in [-0.1, -0.05) is 18.2 Å². The zero-order valence-electron chi connectivity index (χ0n) is 16.0. The summed E-state index contributed by atoms with van der Waals surface area (Å²) in [5, 5.41) is 3.00. The lowest BCUT2D eigenvalue weighted by molar-refractivity contribution is -0.127. The zero-order valence-corrected chi connectivity index (χ0v) is 16.0. The molecule has 1 amide bonds. The largest absolute Gasteiger partial charge is 0.324 e. The zero-order chi connectivity index (χ0) is 19.3. The molecular formula is C21H27FN4O. The molecule has 1 aliphatic heterocycles. The van der Waals surface area contributed by atoms with Gasteiger partial charge in [-0.25, -0.2) is 4.39 Å². The van der Waals surface area contributed by atoms with Crippen molar-refractivity contribution >= 4 is 11.6 Å². The number of pyridine rings is 1. The average Bonchev–Trinajstić information content (AvgIpc) is 2.68. The number of para-hydroxylation sites is 1. The number of hydrogen-bond acceptors (Lipinski definition) is 4. The van der Waals surface area contributed by atoms with Gasteiger partial charge >= 0.3 is 0 Å². The molecule has 0 saturated carbocycles. The van der Waals surface area contributed by atoms with E-state index >= 15 is 0 Å². The molecule has 6 heteroatoms. The summed E-state index contributed by atoms with van der Waals surface area (Å²) in [6.07, 6.45) is 2.23. The molecule has 0 aliphatic carbocycles. The maximum atomic E-state index is 13.7. The van der Waals surface area contributed by atoms with E-state index in [-0.39, 0.29) is 11.7 Å². The smallest absolute Gasteiger partial charge is 0.244 e. The van der Waals surface area contributed by atoms with Gasteiger partial charge in [0, 0.05) is 51.0 Å². The van der Waals surface area contributed by atoms with E-state index in [0.717, 1.165) is 38.4 Å². The summed E-state index contributed by atoms with van der Waals surface area (Å²) < 4.78 is 13.7. The number of carbonyl (C=O) groups is 1. The van der Waals surface area contributed by atoms with Crippen molar-refractivity contribution in [1.82, 2.24) is 14.8 Å². The van der Waals surface area contributed by atoms with Crippen molar-refractivity contribution < 1.29 is 9.18 Å². The maximum Gasteiger partial charge on any atom is 0.244 e. The average molecular weight is 370 g/mol. The highest BCUT2D eigenvalue weighted by atomic mass is 19.1. The highest BCUT2D eigenvalue weighted by Crippen LogP contribution is 2.20. The molecule has 0 radical (unpaired) electrons. The van der Waals surface area contributed by atoms with Crippen LogP contribution in [0.2, 0.25) is 0 Å². The van der Waals surface area contributed by atoms with Crippen molar-refractivity contribution in [3.05, 3.63) is 60.2 Å². The number of piperazine rings is 1. The van der Waals surface area contributed by atoms with Gasteiger partial charge in [0.05, 0.1) is 11.2 Å². The molecule has 5 nitrogen and oxygen atoms in total. The Hall–Kier alpha value is -2.31. The first-order chi connectivity index (χ1) is 13.0. The van der Waals surface area contributed by atoms with Crippen molar-refractivity contribution in [2.45, 2.75) is 25.8 Å². The first-order valence-electron chi connectivity index (χ1n) is 9.40. The normalized spacial score (nSPS) is 16.3. The lowest BCUT2D eigenvalue weighted by atomic mass is 10.00. The van der Waals surface area contributed by atoms with Gasteiger partial charge in [-0.15, -0.1) is 0 Å². The number of carbonyl (C=O) groups excluding carboxylic acids is 1. The maximum absolute atomic E-state index is 13.7. The number of halogens is 1. The first kappa shape index (κ1) is 19.5. The standard InChI is InChI=1S/C21H27FN4O/c1-21(2,20(27)24-17-7-4-3-5-8-17)26-15-13-25(14-16-26)12-10-19-18(22)9-6-11-23-19/h3-9,11H,10,12-16H2,1-2H3,(H,24,27). The van der Waals surface area contributed by atoms with E-state index in [4.69, 9.17) is 0 Å². The molecule has 0 bridgehead atoms. The summed E-state index contributed by atoms with van der Waals surface area (Å²) in [5.41, 5.74) is 0.740. The van der Waals surface area contributed by atoms with Gasteiger partial charge in [0.1, 0.15) is 5.82 Å². The molecule has 2 aromatic rings. The molecule has 1 N–H and O–H groups in total. The van der Waals surface area contributed by atoms with Gasteiger partial charge < -0.3 is 10.2 Å². The van der Waals surface area contributed by atoms with Crippen molar-refractivity contribution in [2.24, 2.45) is 0 Å². The van der Waals surface area contributed by atoms with E-state index < -0.39 is 5.54 Å². The van der Waals surface area contributed by atoms with E-state index in [1.54, 1.807) is 12.3 Å². The quantitative estimate of drug-likeness (QED) is 0.850. The van der Waals surface area contributed by atoms with Crippen LogP contribution in [-0.4, -0.2) is 59.0 Å². The van der Waals surface area contributed by atoms with Crippen molar-refractivity contribution in [1.29, 1.82) is 0 Å². The van der Waals surface area contributed by atoms with Gasteiger partial charge in [0.25, 0.3) is 0 Å². The summed E-state index contributed by atoms with van der Waals surface area (Å²) in [4.78, 5) is 21.4. The van der Waals surface area contributed by atoms with Crippen LogP contribution in [0.3, 0.4) is 0 Å². The molecule has 0 unspecified atom stereocenters. The van der Waals surface area contributed by atoms with Gasteiger partial charge in [-0.05, 0) is 38.1 Å². The van der Waals surface area contributed by atoms with Crippen LogP contribution >= 0.6 is 0 Å². The van der Waals surface area contributed by atoms with Gasteiger partial charge in [-0.3, -0.25) is 14.7 Å². The summed E-state index contributed by atoms with van der Waals surface area (Å²) in [6, 6.07) is 12.6. The van der Waals surface area contributed by atoms with Crippen LogP contribution in [0.4, 0.5) is 10.1 Å². The van der Waals surface area contributed by atoms with Crippen LogP contribution in [0.1, 0.15) is 19.5 Å². The van der Waals surface area contributed by atoms with Crippen LogP contribution in [-0.2, 0) is 11.2 Å². The molecule has 1 aliphatic rings. The summed E-state index contributed by atoms with van der Waals surface area (Å²) in [7, 11) is 0. The van der Waals surface area contributed by atoms with E-state index in [2.05, 4.69) is 20.1 Å². The number of anilines is 1. The Morgan fingerprint density at radius 1 is 1.11 bits per heavy atom. The van der Waals surface area contributed by atoms with Gasteiger partial charge in [0.2, 0.25) is 5.91 Å². The lowest BCUT2D eigenvalue weighted by Crippen LogP contribution is -2.59. The van der Waals surface area contributed by atoms with Crippen molar-refractivity contribution in [3.63, 3.8) is 0 Å². The van der Waals surface area contributed by atoms with Crippen LogP contribution in [0, 0.1) is 5.82 Å². The fraction of sp³-hybridized carbons (Fsp3) is 0.429. The third-order valence-electron chi connectivity index (χ3n) is 5.25. The Kier molecular flexibility index (Phi) is 6.19. The third kappa shape index (κ3) is 4.90. The second kappa shape index (κ2) is 8.59. The third-order valence-corrected chi connectivity index (χ3v) is 5.25. The summed E-state index contributed by atoms with van der Waals surface area (Å²) >= 11 is 0. The minimum absolute atomic E-state index is 0.00212. The summed E-state index contributed by atoms with van der Waals surface area (Å²) in [5.74, 6) is -0.243. The van der Waals surface area contributed by atoms with Crippen LogP contribution in [0.15, 0.2) is 48.7 Å². The van der Waals surface area contributed by atoms with Crippen LogP contribution < -0.4 is 5.32 Å². The number of nitrogens with zero attached hydrogens (tertiary/aromatic N) is 3. The predicted octanol–water partition coefficient (Wildman–Crippen LogP) is 2.80. The second-order valence-corrected chi connectivity index (χ2v) is 7.39. The topological polar surface area (TPSA) is 48.5 Å². The molecule has 27 heavy (non-hydrogen) atoms. The number of aromatic nitrogens is 1. The molecule has 0 spiro atoms. The van der Waals surface area contributed by atoms with Crippen molar-refractivity contribution in [2.75, 3.05) is 38.0 Å². The fourth-order valence-electron chi connectivity index (χ4n) is 3.35. The second-order valence-electron chi connectivity index (χ2n) is 7.39. The summed E-state index contributed by atoms with van der Waals surface area (Å²) in [6.45, 7) is 8.03. The molecule has 0 atom stereocenters. The van der Waals surface area contributed by atoms with Crippen LogP contribution in [0.5, 0.6) is 0 Å². The molecule has 1 aromatic heterocycles. The Bertz CT molecular complexity index is 758. The van der Waals surface area contributed by atoms with E-state index in [9.17, 15) is 9.18 Å². The molecule has 1 saturated heterocycles. The molecule has 1 fully saturated rings. The number of nitrogens with one attached hydrogen (secondary N) is 1.